The Morgan fingerprint density at radius 1 is 1.07 bits per heavy atom. The topological polar surface area (TPSA) is 111 Å². The van der Waals surface area contributed by atoms with Gasteiger partial charge in [-0.15, -0.1) is 0 Å². The van der Waals surface area contributed by atoms with Gasteiger partial charge >= 0.3 is 5.69 Å². The van der Waals surface area contributed by atoms with Crippen LogP contribution in [-0.4, -0.2) is 15.6 Å². The van der Waals surface area contributed by atoms with E-state index in [2.05, 4.69) is 17.5 Å². The summed E-state index contributed by atoms with van der Waals surface area (Å²) in [6, 6.07) is 3.63. The van der Waals surface area contributed by atoms with Gasteiger partial charge in [-0.25, -0.2) is 0 Å². The van der Waals surface area contributed by atoms with Crippen molar-refractivity contribution in [2.75, 3.05) is 5.43 Å². The molecule has 3 aliphatic carbocycles. The molecule has 8 nitrogen and oxygen atoms in total. The number of hydrogen-bond acceptors (Lipinski definition) is 6. The number of nitro groups is 2. The molecule has 2 bridgehead atoms. The van der Waals surface area contributed by atoms with E-state index in [-0.39, 0.29) is 17.1 Å². The van der Waals surface area contributed by atoms with Gasteiger partial charge in [0.2, 0.25) is 0 Å². The van der Waals surface area contributed by atoms with Crippen molar-refractivity contribution in [2.24, 2.45) is 34.7 Å². The van der Waals surface area contributed by atoms with Crippen LogP contribution in [0.15, 0.2) is 23.3 Å². The molecule has 0 saturated heterocycles. The van der Waals surface area contributed by atoms with Crippen molar-refractivity contribution >= 4 is 22.8 Å². The normalized spacial score (nSPS) is 33.2. The van der Waals surface area contributed by atoms with Crippen LogP contribution in [0.1, 0.15) is 51.9 Å². The first kappa shape index (κ1) is 18.8. The minimum absolute atomic E-state index is 0.202. The molecule has 3 fully saturated rings. The first-order chi connectivity index (χ1) is 13.4. The lowest BCUT2D eigenvalue weighted by Gasteiger charge is -2.36. The molecule has 8 heteroatoms. The molecule has 28 heavy (non-hydrogen) atoms. The van der Waals surface area contributed by atoms with Crippen molar-refractivity contribution in [1.82, 2.24) is 0 Å². The molecular weight excluding hydrogens is 360 g/mol. The van der Waals surface area contributed by atoms with Gasteiger partial charge in [-0.1, -0.05) is 13.3 Å². The number of benzene rings is 1. The van der Waals surface area contributed by atoms with Crippen LogP contribution >= 0.6 is 0 Å². The maximum atomic E-state index is 11.4. The lowest BCUT2D eigenvalue weighted by Crippen LogP contribution is -2.33. The zero-order chi connectivity index (χ0) is 19.8. The fraction of sp³-hybridized carbons (Fsp3) is 0.650. The standard InChI is InChI=1S/C20H26N4O4/c1-12-2-6-16(17-10-13-3-4-14(17)9-13)19(8-12)22-21-18-7-5-15(23(25)26)11-20(18)24(27)28/h5,7,11-14,16-17,21H,2-4,6,8-10H2,1H3/b22-19-/t12-,13-,14-,16+,17+/m0/s1. The van der Waals surface area contributed by atoms with Gasteiger partial charge in [0.25, 0.3) is 5.69 Å². The summed E-state index contributed by atoms with van der Waals surface area (Å²) >= 11 is 0. The second-order valence-corrected chi connectivity index (χ2v) is 8.76. The second-order valence-electron chi connectivity index (χ2n) is 8.76. The zero-order valence-corrected chi connectivity index (χ0v) is 16.0. The minimum Gasteiger partial charge on any atom is -0.272 e. The average molecular weight is 386 g/mol. The van der Waals surface area contributed by atoms with Crippen LogP contribution in [-0.2, 0) is 0 Å². The van der Waals surface area contributed by atoms with Crippen molar-refractivity contribution in [3.63, 3.8) is 0 Å². The van der Waals surface area contributed by atoms with Crippen LogP contribution in [0, 0.1) is 49.8 Å². The van der Waals surface area contributed by atoms with Crippen LogP contribution in [0.4, 0.5) is 17.1 Å². The lowest BCUT2D eigenvalue weighted by molar-refractivity contribution is -0.393. The third kappa shape index (κ3) is 3.59. The summed E-state index contributed by atoms with van der Waals surface area (Å²) in [5, 5.41) is 26.9. The predicted octanol–water partition coefficient (Wildman–Crippen LogP) is 5.14. The molecule has 0 amide bonds. The third-order valence-corrected chi connectivity index (χ3v) is 6.97. The number of anilines is 1. The molecule has 0 aromatic heterocycles. The predicted molar refractivity (Wildman–Crippen MR) is 106 cm³/mol. The summed E-state index contributed by atoms with van der Waals surface area (Å²) in [4.78, 5) is 21.0. The molecule has 0 heterocycles. The highest BCUT2D eigenvalue weighted by Gasteiger charge is 2.45. The smallest absolute Gasteiger partial charge is 0.272 e. The Morgan fingerprint density at radius 2 is 1.89 bits per heavy atom. The highest BCUT2D eigenvalue weighted by atomic mass is 16.6. The quantitative estimate of drug-likeness (QED) is 0.556. The van der Waals surface area contributed by atoms with E-state index in [0.717, 1.165) is 36.5 Å². The Labute approximate surface area is 163 Å². The zero-order valence-electron chi connectivity index (χ0n) is 16.0. The lowest BCUT2D eigenvalue weighted by atomic mass is 9.70. The maximum absolute atomic E-state index is 11.4. The number of hydrogen-bond donors (Lipinski definition) is 1. The first-order valence-electron chi connectivity index (χ1n) is 10.2. The number of hydrazone groups is 1. The number of nitrogens with zero attached hydrogens (tertiary/aromatic N) is 3. The molecular formula is C20H26N4O4. The number of fused-ring (bicyclic) bond motifs is 2. The fourth-order valence-electron chi connectivity index (χ4n) is 5.63. The van der Waals surface area contributed by atoms with Crippen LogP contribution in [0.3, 0.4) is 0 Å². The highest BCUT2D eigenvalue weighted by Crippen LogP contribution is 2.53. The summed E-state index contributed by atoms with van der Waals surface area (Å²) in [6.45, 7) is 2.22. The number of rotatable bonds is 5. The van der Waals surface area contributed by atoms with Crippen molar-refractivity contribution in [2.45, 2.75) is 51.9 Å². The van der Waals surface area contributed by atoms with Gasteiger partial charge in [0.15, 0.2) is 0 Å². The van der Waals surface area contributed by atoms with E-state index in [1.165, 1.54) is 44.2 Å². The fourth-order valence-corrected chi connectivity index (χ4v) is 5.63. The number of nitrogens with one attached hydrogen (secondary N) is 1. The molecule has 0 aliphatic heterocycles. The van der Waals surface area contributed by atoms with Crippen LogP contribution in [0.25, 0.3) is 0 Å². The summed E-state index contributed by atoms with van der Waals surface area (Å²) in [6.07, 6.45) is 8.59. The van der Waals surface area contributed by atoms with Gasteiger partial charge in [-0.3, -0.25) is 25.7 Å². The van der Waals surface area contributed by atoms with E-state index in [1.807, 2.05) is 0 Å². The molecule has 0 unspecified atom stereocenters. The highest BCUT2D eigenvalue weighted by molar-refractivity contribution is 5.89. The minimum atomic E-state index is -0.628. The molecule has 0 spiro atoms. The molecule has 0 radical (unpaired) electrons. The second kappa shape index (κ2) is 7.48. The van der Waals surface area contributed by atoms with Gasteiger partial charge in [-0.2, -0.15) is 5.10 Å². The Kier molecular flexibility index (Phi) is 5.03. The molecule has 3 saturated carbocycles. The Hall–Kier alpha value is -2.51. The third-order valence-electron chi connectivity index (χ3n) is 6.97. The van der Waals surface area contributed by atoms with E-state index in [4.69, 9.17) is 0 Å². The maximum Gasteiger partial charge on any atom is 0.301 e. The van der Waals surface area contributed by atoms with Gasteiger partial charge in [0.1, 0.15) is 5.69 Å². The Balaban J connectivity index is 1.57. The molecule has 1 N–H and O–H groups in total. The SMILES string of the molecule is C[C@H]1CC[C@H]([C@@H]2C[C@H]3CC[C@H]2C3)/C(=N\Nc2ccc([N+](=O)[O-])cc2[N+](=O)[O-])C1. The van der Waals surface area contributed by atoms with Gasteiger partial charge < -0.3 is 0 Å². The summed E-state index contributed by atoms with van der Waals surface area (Å²) in [5.74, 6) is 3.39. The van der Waals surface area contributed by atoms with Crippen molar-refractivity contribution in [3.8, 4) is 0 Å². The van der Waals surface area contributed by atoms with Crippen LogP contribution < -0.4 is 5.43 Å². The van der Waals surface area contributed by atoms with Crippen molar-refractivity contribution in [1.29, 1.82) is 0 Å². The first-order valence-corrected chi connectivity index (χ1v) is 10.2. The monoisotopic (exact) mass is 386 g/mol. The number of nitro benzene ring substituents is 2. The molecule has 150 valence electrons. The van der Waals surface area contributed by atoms with Crippen molar-refractivity contribution < 1.29 is 9.85 Å². The summed E-state index contributed by atoms with van der Waals surface area (Å²) < 4.78 is 0. The van der Waals surface area contributed by atoms with Crippen LogP contribution in [0.5, 0.6) is 0 Å². The Bertz CT molecular complexity index is 824. The van der Waals surface area contributed by atoms with Gasteiger partial charge in [0, 0.05) is 17.7 Å². The number of non-ortho nitro benzene ring substituents is 1. The van der Waals surface area contributed by atoms with Gasteiger partial charge in [-0.05, 0) is 68.3 Å². The van der Waals surface area contributed by atoms with E-state index < -0.39 is 9.85 Å². The van der Waals surface area contributed by atoms with E-state index in [1.54, 1.807) is 0 Å². The average Bonchev–Trinajstić information content (AvgIpc) is 3.29. The van der Waals surface area contributed by atoms with Crippen LogP contribution in [0.2, 0.25) is 0 Å². The molecule has 1 aromatic rings. The Morgan fingerprint density at radius 3 is 2.54 bits per heavy atom. The molecule has 5 atom stereocenters. The van der Waals surface area contributed by atoms with E-state index in [0.29, 0.717) is 17.8 Å². The van der Waals surface area contributed by atoms with E-state index in [9.17, 15) is 20.2 Å². The van der Waals surface area contributed by atoms with Gasteiger partial charge in [0.05, 0.1) is 15.9 Å². The molecule has 4 rings (SSSR count). The van der Waals surface area contributed by atoms with Crippen molar-refractivity contribution in [3.05, 3.63) is 38.4 Å². The van der Waals surface area contributed by atoms with E-state index >= 15 is 0 Å². The summed E-state index contributed by atoms with van der Waals surface area (Å²) in [7, 11) is 0. The molecule has 3 aliphatic rings. The molecule has 1 aromatic carbocycles. The largest absolute Gasteiger partial charge is 0.301 e. The summed E-state index contributed by atoms with van der Waals surface area (Å²) in [5.41, 5.74) is 3.57.